The molecule has 3 heterocycles. The van der Waals surface area contributed by atoms with Crippen molar-refractivity contribution in [3.8, 4) is 0 Å². The van der Waals surface area contributed by atoms with Crippen molar-refractivity contribution in [2.45, 2.75) is 31.5 Å². The van der Waals surface area contributed by atoms with E-state index in [2.05, 4.69) is 16.3 Å². The van der Waals surface area contributed by atoms with Crippen LogP contribution in [0.2, 0.25) is 4.34 Å². The third-order valence-electron chi connectivity index (χ3n) is 3.76. The molecule has 0 saturated carbocycles. The van der Waals surface area contributed by atoms with Crippen LogP contribution in [0.3, 0.4) is 0 Å². The molecule has 3 rings (SSSR count). The number of thiophene rings is 1. The summed E-state index contributed by atoms with van der Waals surface area (Å²) in [6.07, 6.45) is 2.99. The Kier molecular flexibility index (Phi) is 4.21. The molecular formula is C13H19ClN2OS. The van der Waals surface area contributed by atoms with Crippen LogP contribution in [-0.4, -0.2) is 43.3 Å². The lowest BCUT2D eigenvalue weighted by Crippen LogP contribution is -2.49. The first-order valence-corrected chi connectivity index (χ1v) is 7.81. The summed E-state index contributed by atoms with van der Waals surface area (Å²) in [5.74, 6) is 0. The summed E-state index contributed by atoms with van der Waals surface area (Å²) < 4.78 is 6.77. The van der Waals surface area contributed by atoms with Gasteiger partial charge in [-0.1, -0.05) is 11.6 Å². The van der Waals surface area contributed by atoms with Gasteiger partial charge in [0.2, 0.25) is 0 Å². The van der Waals surface area contributed by atoms with Crippen molar-refractivity contribution >= 4 is 22.9 Å². The van der Waals surface area contributed by atoms with Gasteiger partial charge in [-0.3, -0.25) is 4.90 Å². The highest BCUT2D eigenvalue weighted by Crippen LogP contribution is 2.23. The molecule has 0 aromatic carbocycles. The molecule has 2 aliphatic heterocycles. The smallest absolute Gasteiger partial charge is 0.0931 e. The standard InChI is InChI=1S/C13H19ClN2OS/c14-13-4-3-12(18-13)7-15-6-11-8-16-5-1-2-10(16)9-17-11/h3-4,10-11,15H,1-2,5-9H2. The Hall–Kier alpha value is -0.130. The molecule has 0 aliphatic carbocycles. The number of morpholine rings is 1. The Bertz CT molecular complexity index is 398. The van der Waals surface area contributed by atoms with Crippen molar-refractivity contribution in [2.75, 3.05) is 26.2 Å². The number of hydrogen-bond donors (Lipinski definition) is 1. The van der Waals surface area contributed by atoms with Crippen LogP contribution in [0.15, 0.2) is 12.1 Å². The Balaban J connectivity index is 1.41. The molecule has 0 bridgehead atoms. The fourth-order valence-electron chi connectivity index (χ4n) is 2.81. The molecule has 100 valence electrons. The second kappa shape index (κ2) is 5.88. The van der Waals surface area contributed by atoms with Gasteiger partial charge < -0.3 is 10.1 Å². The molecule has 2 aliphatic rings. The third-order valence-corrected chi connectivity index (χ3v) is 4.99. The van der Waals surface area contributed by atoms with Gasteiger partial charge in [0, 0.05) is 30.6 Å². The molecule has 2 saturated heterocycles. The Labute approximate surface area is 117 Å². The van der Waals surface area contributed by atoms with Gasteiger partial charge in [0.15, 0.2) is 0 Å². The van der Waals surface area contributed by atoms with Crippen molar-refractivity contribution in [1.29, 1.82) is 0 Å². The largest absolute Gasteiger partial charge is 0.374 e. The van der Waals surface area contributed by atoms with Crippen LogP contribution in [0, 0.1) is 0 Å². The zero-order valence-corrected chi connectivity index (χ0v) is 12.0. The zero-order chi connectivity index (χ0) is 12.4. The quantitative estimate of drug-likeness (QED) is 0.920. The van der Waals surface area contributed by atoms with Gasteiger partial charge in [-0.05, 0) is 31.5 Å². The molecule has 1 aromatic heterocycles. The van der Waals surface area contributed by atoms with E-state index in [4.69, 9.17) is 16.3 Å². The number of nitrogens with one attached hydrogen (secondary N) is 1. The third kappa shape index (κ3) is 3.06. The second-order valence-corrected chi connectivity index (χ2v) is 6.88. The molecular weight excluding hydrogens is 268 g/mol. The Morgan fingerprint density at radius 3 is 3.28 bits per heavy atom. The lowest BCUT2D eigenvalue weighted by Gasteiger charge is -2.35. The molecule has 0 spiro atoms. The highest BCUT2D eigenvalue weighted by atomic mass is 35.5. The summed E-state index contributed by atoms with van der Waals surface area (Å²) in [4.78, 5) is 3.87. The van der Waals surface area contributed by atoms with Crippen LogP contribution in [0.4, 0.5) is 0 Å². The summed E-state index contributed by atoms with van der Waals surface area (Å²) in [6, 6.07) is 4.73. The van der Waals surface area contributed by atoms with E-state index in [9.17, 15) is 0 Å². The highest BCUT2D eigenvalue weighted by Gasteiger charge is 2.31. The molecule has 2 atom stereocenters. The molecule has 18 heavy (non-hydrogen) atoms. The first-order valence-electron chi connectivity index (χ1n) is 6.62. The fraction of sp³-hybridized carbons (Fsp3) is 0.692. The van der Waals surface area contributed by atoms with Crippen LogP contribution < -0.4 is 5.32 Å². The topological polar surface area (TPSA) is 24.5 Å². The first kappa shape index (κ1) is 12.9. The average Bonchev–Trinajstić information content (AvgIpc) is 2.97. The van der Waals surface area contributed by atoms with E-state index in [0.717, 1.165) is 30.6 Å². The number of hydrogen-bond acceptors (Lipinski definition) is 4. The maximum Gasteiger partial charge on any atom is 0.0931 e. The summed E-state index contributed by atoms with van der Waals surface area (Å²) >= 11 is 7.55. The van der Waals surface area contributed by atoms with Crippen molar-refractivity contribution in [1.82, 2.24) is 10.2 Å². The SMILES string of the molecule is Clc1ccc(CNCC2CN3CCCC3CO2)s1. The van der Waals surface area contributed by atoms with Gasteiger partial charge in [0.05, 0.1) is 17.0 Å². The minimum atomic E-state index is 0.342. The van der Waals surface area contributed by atoms with Crippen LogP contribution in [0.1, 0.15) is 17.7 Å². The number of fused-ring (bicyclic) bond motifs is 1. The number of rotatable bonds is 4. The molecule has 2 unspecified atom stereocenters. The van der Waals surface area contributed by atoms with E-state index in [-0.39, 0.29) is 0 Å². The van der Waals surface area contributed by atoms with Crippen molar-refractivity contribution in [3.05, 3.63) is 21.3 Å². The molecule has 0 radical (unpaired) electrons. The Morgan fingerprint density at radius 1 is 1.50 bits per heavy atom. The molecule has 0 amide bonds. The van der Waals surface area contributed by atoms with Gasteiger partial charge in [0.1, 0.15) is 0 Å². The van der Waals surface area contributed by atoms with Crippen molar-refractivity contribution < 1.29 is 4.74 Å². The predicted octanol–water partition coefficient (Wildman–Crippen LogP) is 2.35. The van der Waals surface area contributed by atoms with E-state index >= 15 is 0 Å². The average molecular weight is 287 g/mol. The normalized spacial score (nSPS) is 28.5. The first-order chi connectivity index (χ1) is 8.81. The second-order valence-electron chi connectivity index (χ2n) is 5.08. The minimum absolute atomic E-state index is 0.342. The van der Waals surface area contributed by atoms with E-state index in [0.29, 0.717) is 12.1 Å². The number of nitrogens with zero attached hydrogens (tertiary/aromatic N) is 1. The number of halogens is 1. The van der Waals surface area contributed by atoms with Gasteiger partial charge >= 0.3 is 0 Å². The molecule has 2 fully saturated rings. The van der Waals surface area contributed by atoms with E-state index in [1.807, 2.05) is 6.07 Å². The molecule has 1 aromatic rings. The van der Waals surface area contributed by atoms with Gasteiger partial charge in [0.25, 0.3) is 0 Å². The summed E-state index contributed by atoms with van der Waals surface area (Å²) in [5.41, 5.74) is 0. The Morgan fingerprint density at radius 2 is 2.44 bits per heavy atom. The van der Waals surface area contributed by atoms with Crippen LogP contribution in [0.25, 0.3) is 0 Å². The predicted molar refractivity (Wildman–Crippen MR) is 75.4 cm³/mol. The summed E-state index contributed by atoms with van der Waals surface area (Å²) in [7, 11) is 0. The fourth-order valence-corrected chi connectivity index (χ4v) is 3.87. The maximum absolute atomic E-state index is 5.91. The molecule has 1 N–H and O–H groups in total. The van der Waals surface area contributed by atoms with Crippen molar-refractivity contribution in [3.63, 3.8) is 0 Å². The monoisotopic (exact) mass is 286 g/mol. The zero-order valence-electron chi connectivity index (χ0n) is 10.4. The van der Waals surface area contributed by atoms with E-state index in [1.54, 1.807) is 11.3 Å². The maximum atomic E-state index is 5.91. The van der Waals surface area contributed by atoms with Gasteiger partial charge in [-0.15, -0.1) is 11.3 Å². The highest BCUT2D eigenvalue weighted by molar-refractivity contribution is 7.16. The van der Waals surface area contributed by atoms with E-state index < -0.39 is 0 Å². The van der Waals surface area contributed by atoms with Crippen LogP contribution >= 0.6 is 22.9 Å². The summed E-state index contributed by atoms with van der Waals surface area (Å²) in [6.45, 7) is 5.07. The molecule has 5 heteroatoms. The van der Waals surface area contributed by atoms with Crippen molar-refractivity contribution in [2.24, 2.45) is 0 Å². The van der Waals surface area contributed by atoms with Crippen LogP contribution in [0.5, 0.6) is 0 Å². The number of ether oxygens (including phenoxy) is 1. The lowest BCUT2D eigenvalue weighted by atomic mass is 10.2. The van der Waals surface area contributed by atoms with E-state index in [1.165, 1.54) is 24.3 Å². The van der Waals surface area contributed by atoms with Crippen LogP contribution in [-0.2, 0) is 11.3 Å². The molecule has 3 nitrogen and oxygen atoms in total. The summed E-state index contributed by atoms with van der Waals surface area (Å²) in [5, 5.41) is 3.46. The van der Waals surface area contributed by atoms with Gasteiger partial charge in [-0.25, -0.2) is 0 Å². The van der Waals surface area contributed by atoms with Gasteiger partial charge in [-0.2, -0.15) is 0 Å². The minimum Gasteiger partial charge on any atom is -0.374 e. The lowest BCUT2D eigenvalue weighted by molar-refractivity contribution is -0.0470.